The molecule has 2 aromatic carbocycles. The van der Waals surface area contributed by atoms with Crippen LogP contribution >= 0.6 is 0 Å². The summed E-state index contributed by atoms with van der Waals surface area (Å²) >= 11 is 0. The molecule has 154 valence electrons. The summed E-state index contributed by atoms with van der Waals surface area (Å²) in [6, 6.07) is 20.8. The van der Waals surface area contributed by atoms with Gasteiger partial charge in [-0.15, -0.1) is 0 Å². The topological polar surface area (TPSA) is 26.8 Å². The van der Waals surface area contributed by atoms with Gasteiger partial charge < -0.3 is 14.7 Å². The second-order valence-electron chi connectivity index (χ2n) is 8.41. The van der Waals surface area contributed by atoms with Gasteiger partial charge >= 0.3 is 0 Å². The molecule has 2 aliphatic heterocycles. The lowest BCUT2D eigenvalue weighted by Crippen LogP contribution is -2.47. The minimum absolute atomic E-state index is 0.116. The molecule has 0 aromatic heterocycles. The number of carbonyl (C=O) groups excluding carboxylic acids is 1. The molecule has 4 rings (SSSR count). The molecule has 1 unspecified atom stereocenters. The molecular weight excluding hydrogens is 358 g/mol. The van der Waals surface area contributed by atoms with Crippen LogP contribution in [0.4, 0.5) is 11.4 Å². The third-order valence-corrected chi connectivity index (χ3v) is 6.92. The van der Waals surface area contributed by atoms with Crippen molar-refractivity contribution in [1.82, 2.24) is 9.80 Å². The first-order chi connectivity index (χ1) is 14.1. The van der Waals surface area contributed by atoms with Crippen molar-refractivity contribution in [2.75, 3.05) is 25.0 Å². The zero-order valence-electron chi connectivity index (χ0n) is 17.9. The van der Waals surface area contributed by atoms with Gasteiger partial charge in [0.05, 0.1) is 0 Å². The van der Waals surface area contributed by atoms with Crippen molar-refractivity contribution in [2.45, 2.75) is 57.7 Å². The average molecular weight is 392 g/mol. The molecule has 0 N–H and O–H groups in total. The van der Waals surface area contributed by atoms with Crippen molar-refractivity contribution in [3.63, 3.8) is 0 Å². The van der Waals surface area contributed by atoms with Crippen LogP contribution in [0, 0.1) is 0 Å². The zero-order chi connectivity index (χ0) is 20.4. The molecule has 0 aliphatic carbocycles. The highest BCUT2D eigenvalue weighted by Gasteiger charge is 2.40. The first-order valence-corrected chi connectivity index (χ1v) is 11.1. The van der Waals surface area contributed by atoms with Gasteiger partial charge in [0, 0.05) is 48.2 Å². The molecular formula is C25H33N3O. The van der Waals surface area contributed by atoms with Crippen LogP contribution < -0.4 is 4.90 Å². The average Bonchev–Trinajstić information content (AvgIpc) is 2.96. The maximum absolute atomic E-state index is 12.7. The molecule has 4 nitrogen and oxygen atoms in total. The number of amides is 1. The Balaban J connectivity index is 1.63. The summed E-state index contributed by atoms with van der Waals surface area (Å²) in [5.41, 5.74) is 3.19. The lowest BCUT2D eigenvalue weighted by Gasteiger charge is -2.43. The second-order valence-corrected chi connectivity index (χ2v) is 8.41. The van der Waals surface area contributed by atoms with E-state index in [9.17, 15) is 4.79 Å². The van der Waals surface area contributed by atoms with Crippen LogP contribution in [0.2, 0.25) is 0 Å². The number of rotatable bonds is 6. The van der Waals surface area contributed by atoms with E-state index in [1.54, 1.807) is 0 Å². The number of anilines is 2. The van der Waals surface area contributed by atoms with Crippen LogP contribution in [-0.4, -0.2) is 54.0 Å². The third-order valence-electron chi connectivity index (χ3n) is 6.92. The number of benzene rings is 2. The number of fused-ring (bicyclic) bond motifs is 2. The van der Waals surface area contributed by atoms with Crippen molar-refractivity contribution in [2.24, 2.45) is 0 Å². The Morgan fingerprint density at radius 2 is 1.45 bits per heavy atom. The Hall–Kier alpha value is -2.33. The zero-order valence-corrected chi connectivity index (χ0v) is 17.9. The highest BCUT2D eigenvalue weighted by Crippen LogP contribution is 2.40. The van der Waals surface area contributed by atoms with E-state index >= 15 is 0 Å². The Morgan fingerprint density at radius 3 is 2.00 bits per heavy atom. The number of hydrogen-bond donors (Lipinski definition) is 0. The van der Waals surface area contributed by atoms with Crippen molar-refractivity contribution in [1.29, 1.82) is 0 Å². The number of nitrogens with zero attached hydrogens (tertiary/aromatic N) is 3. The van der Waals surface area contributed by atoms with Gasteiger partial charge in [0.2, 0.25) is 0 Å². The Bertz CT molecular complexity index is 802. The fourth-order valence-electron chi connectivity index (χ4n) is 5.21. The highest BCUT2D eigenvalue weighted by molar-refractivity contribution is 5.94. The summed E-state index contributed by atoms with van der Waals surface area (Å²) in [4.78, 5) is 19.7. The molecule has 2 saturated heterocycles. The number of carbonyl (C=O) groups is 1. The molecule has 1 amide bonds. The molecule has 0 spiro atoms. The lowest BCUT2D eigenvalue weighted by molar-refractivity contribution is 0.0773. The molecule has 2 bridgehead atoms. The summed E-state index contributed by atoms with van der Waals surface area (Å²) < 4.78 is 0. The monoisotopic (exact) mass is 391 g/mol. The smallest absolute Gasteiger partial charge is 0.253 e. The summed E-state index contributed by atoms with van der Waals surface area (Å²) in [6.45, 7) is 5.54. The predicted octanol–water partition coefficient (Wildman–Crippen LogP) is 4.93. The predicted molar refractivity (Wildman–Crippen MR) is 120 cm³/mol. The van der Waals surface area contributed by atoms with Crippen LogP contribution in [0.15, 0.2) is 54.6 Å². The molecule has 2 aromatic rings. The van der Waals surface area contributed by atoms with Gasteiger partial charge in [-0.25, -0.2) is 0 Å². The van der Waals surface area contributed by atoms with Crippen LogP contribution in [-0.2, 0) is 0 Å². The lowest BCUT2D eigenvalue weighted by atomic mass is 9.95. The first-order valence-electron chi connectivity index (χ1n) is 11.1. The summed E-state index contributed by atoms with van der Waals surface area (Å²) in [6.07, 6.45) is 5.03. The van der Waals surface area contributed by atoms with E-state index in [1.165, 1.54) is 37.1 Å². The standard InChI is InChI=1S/C25H33N3O/c1-4-27(5-2)25(29)19-11-13-21(14-12-19)28(20-9-7-6-8-10-20)24-17-22-15-16-23(18-24)26(22)3/h6-14,22-24H,4-5,15-18H2,1-3H3/t22-,23+,24?. The minimum atomic E-state index is 0.116. The van der Waals surface area contributed by atoms with Crippen molar-refractivity contribution in [3.05, 3.63) is 60.2 Å². The largest absolute Gasteiger partial charge is 0.339 e. The Kier molecular flexibility index (Phi) is 5.91. The van der Waals surface area contributed by atoms with E-state index in [1.807, 2.05) is 30.9 Å². The molecule has 29 heavy (non-hydrogen) atoms. The van der Waals surface area contributed by atoms with E-state index in [4.69, 9.17) is 0 Å². The van der Waals surface area contributed by atoms with Crippen molar-refractivity contribution in [3.8, 4) is 0 Å². The minimum Gasteiger partial charge on any atom is -0.339 e. The quantitative estimate of drug-likeness (QED) is 0.698. The van der Waals surface area contributed by atoms with Gasteiger partial charge in [0.15, 0.2) is 0 Å². The summed E-state index contributed by atoms with van der Waals surface area (Å²) in [5, 5.41) is 0. The molecule has 2 aliphatic rings. The summed E-state index contributed by atoms with van der Waals surface area (Å²) in [7, 11) is 2.29. The van der Waals surface area contributed by atoms with Gasteiger partial charge in [-0.05, 0) is 83.0 Å². The third kappa shape index (κ3) is 3.91. The molecule has 2 heterocycles. The Labute approximate surface area is 175 Å². The molecule has 4 heteroatoms. The number of para-hydroxylation sites is 1. The second kappa shape index (κ2) is 8.58. The molecule has 3 atom stereocenters. The van der Waals surface area contributed by atoms with Crippen molar-refractivity contribution < 1.29 is 4.79 Å². The fraction of sp³-hybridized carbons (Fsp3) is 0.480. The van der Waals surface area contributed by atoms with E-state index in [-0.39, 0.29) is 5.91 Å². The van der Waals surface area contributed by atoms with Gasteiger partial charge in [-0.1, -0.05) is 18.2 Å². The Morgan fingerprint density at radius 1 is 0.897 bits per heavy atom. The maximum Gasteiger partial charge on any atom is 0.253 e. The number of hydrogen-bond acceptors (Lipinski definition) is 3. The molecule has 0 radical (unpaired) electrons. The van der Waals surface area contributed by atoms with E-state index in [0.717, 1.165) is 18.7 Å². The van der Waals surface area contributed by atoms with E-state index < -0.39 is 0 Å². The highest BCUT2D eigenvalue weighted by atomic mass is 16.2. The normalized spacial score (nSPS) is 23.8. The van der Waals surface area contributed by atoms with Gasteiger partial charge in [-0.3, -0.25) is 4.79 Å². The van der Waals surface area contributed by atoms with Gasteiger partial charge in [-0.2, -0.15) is 0 Å². The first kappa shape index (κ1) is 20.0. The van der Waals surface area contributed by atoms with Crippen LogP contribution in [0.5, 0.6) is 0 Å². The van der Waals surface area contributed by atoms with Crippen LogP contribution in [0.3, 0.4) is 0 Å². The van der Waals surface area contributed by atoms with Crippen molar-refractivity contribution >= 4 is 17.3 Å². The summed E-state index contributed by atoms with van der Waals surface area (Å²) in [5.74, 6) is 0.116. The van der Waals surface area contributed by atoms with Gasteiger partial charge in [0.25, 0.3) is 5.91 Å². The van der Waals surface area contributed by atoms with Crippen LogP contribution in [0.25, 0.3) is 0 Å². The maximum atomic E-state index is 12.7. The molecule has 2 fully saturated rings. The number of piperidine rings is 1. The van der Waals surface area contributed by atoms with Gasteiger partial charge in [0.1, 0.15) is 0 Å². The fourth-order valence-corrected chi connectivity index (χ4v) is 5.21. The van der Waals surface area contributed by atoms with E-state index in [0.29, 0.717) is 18.1 Å². The SMILES string of the molecule is CCN(CC)C(=O)c1ccc(N(c2ccccc2)C2C[C@H]3CC[C@@H](C2)N3C)cc1. The van der Waals surface area contributed by atoms with Crippen LogP contribution in [0.1, 0.15) is 49.9 Å². The van der Waals surface area contributed by atoms with E-state index in [2.05, 4.69) is 59.3 Å². The molecule has 0 saturated carbocycles.